The summed E-state index contributed by atoms with van der Waals surface area (Å²) in [6, 6.07) is 0.243. The summed E-state index contributed by atoms with van der Waals surface area (Å²) in [7, 11) is 3.14. The van der Waals surface area contributed by atoms with Crippen LogP contribution in [0.5, 0.6) is 0 Å². The number of hydrogen-bond acceptors (Lipinski definition) is 4. The van der Waals surface area contributed by atoms with Crippen molar-refractivity contribution in [2.24, 2.45) is 0 Å². The van der Waals surface area contributed by atoms with Gasteiger partial charge in [-0.15, -0.1) is 0 Å². The molecule has 1 fully saturated rings. The minimum absolute atomic E-state index is 0.0444. The smallest absolute Gasteiger partial charge is 0.339 e. The van der Waals surface area contributed by atoms with Gasteiger partial charge in [0.15, 0.2) is 5.78 Å². The van der Waals surface area contributed by atoms with Gasteiger partial charge < -0.3 is 14.6 Å². The second kappa shape index (κ2) is 9.01. The second-order valence-corrected chi connectivity index (χ2v) is 7.21. The molecule has 0 unspecified atom stereocenters. The van der Waals surface area contributed by atoms with Crippen LogP contribution in [0.1, 0.15) is 84.0 Å². The van der Waals surface area contributed by atoms with E-state index in [2.05, 4.69) is 4.98 Å². The molecule has 0 bridgehead atoms. The highest BCUT2D eigenvalue weighted by atomic mass is 16.5. The molecule has 1 saturated carbocycles. The van der Waals surface area contributed by atoms with Gasteiger partial charge in [-0.05, 0) is 25.3 Å². The van der Waals surface area contributed by atoms with Crippen molar-refractivity contribution >= 4 is 17.7 Å². The number of aromatic nitrogens is 1. The van der Waals surface area contributed by atoms with E-state index in [9.17, 15) is 14.4 Å². The molecule has 0 saturated heterocycles. The lowest BCUT2D eigenvalue weighted by Gasteiger charge is -2.30. The van der Waals surface area contributed by atoms with Crippen LogP contribution in [0.2, 0.25) is 0 Å². The molecule has 1 aromatic heterocycles. The Morgan fingerprint density at radius 1 is 1.12 bits per heavy atom. The van der Waals surface area contributed by atoms with Crippen LogP contribution in [0.25, 0.3) is 0 Å². The van der Waals surface area contributed by atoms with Crippen molar-refractivity contribution in [3.05, 3.63) is 22.5 Å². The Bertz CT molecular complexity index is 670. The molecule has 1 heterocycles. The molecule has 144 valence electrons. The lowest BCUT2D eigenvalue weighted by molar-refractivity contribution is -0.131. The topological polar surface area (TPSA) is 79.5 Å². The lowest BCUT2D eigenvalue weighted by atomic mass is 9.95. The number of amides is 1. The number of H-pyrrole nitrogens is 1. The molecule has 0 atom stereocenters. The molecule has 0 spiro atoms. The third-order valence-electron chi connectivity index (χ3n) is 5.41. The summed E-state index contributed by atoms with van der Waals surface area (Å²) in [6.07, 6.45) is 8.13. The number of aromatic amines is 1. The van der Waals surface area contributed by atoms with E-state index in [1.807, 2.05) is 11.9 Å². The Hall–Kier alpha value is -2.11. The summed E-state index contributed by atoms with van der Waals surface area (Å²) < 4.78 is 4.84. The minimum atomic E-state index is -0.525. The number of Topliss-reactive ketones (excluding diaryl/α,β-unsaturated/α-hetero) is 1. The van der Waals surface area contributed by atoms with E-state index < -0.39 is 5.97 Å². The summed E-state index contributed by atoms with van der Waals surface area (Å²) in [5.74, 6) is -0.737. The van der Waals surface area contributed by atoms with Crippen molar-refractivity contribution in [2.45, 2.75) is 71.3 Å². The number of esters is 1. The first-order valence-corrected chi connectivity index (χ1v) is 9.43. The molecular weight excluding hydrogens is 332 g/mol. The third-order valence-corrected chi connectivity index (χ3v) is 5.41. The zero-order valence-corrected chi connectivity index (χ0v) is 16.3. The average Bonchev–Trinajstić information content (AvgIpc) is 2.89. The first-order valence-electron chi connectivity index (χ1n) is 9.43. The van der Waals surface area contributed by atoms with Crippen LogP contribution in [-0.2, 0) is 16.0 Å². The molecule has 2 rings (SSSR count). The van der Waals surface area contributed by atoms with Crippen LogP contribution in [0.4, 0.5) is 0 Å². The zero-order chi connectivity index (χ0) is 19.3. The van der Waals surface area contributed by atoms with Crippen LogP contribution in [0, 0.1) is 6.92 Å². The first-order chi connectivity index (χ1) is 12.4. The number of likely N-dealkylation sites (N-methyl/N-ethyl adjacent to an activating group) is 1. The maximum Gasteiger partial charge on any atom is 0.339 e. The Labute approximate surface area is 155 Å². The van der Waals surface area contributed by atoms with Crippen LogP contribution in [0.15, 0.2) is 0 Å². The normalized spacial score (nSPS) is 15.8. The van der Waals surface area contributed by atoms with Crippen molar-refractivity contribution in [1.29, 1.82) is 0 Å². The highest BCUT2D eigenvalue weighted by Gasteiger charge is 2.27. The second-order valence-electron chi connectivity index (χ2n) is 7.21. The van der Waals surface area contributed by atoms with Gasteiger partial charge in [-0.25, -0.2) is 4.79 Å². The van der Waals surface area contributed by atoms with Crippen molar-refractivity contribution in [3.8, 4) is 0 Å². The predicted molar refractivity (Wildman–Crippen MR) is 99.5 cm³/mol. The largest absolute Gasteiger partial charge is 0.465 e. The van der Waals surface area contributed by atoms with Gasteiger partial charge in [-0.1, -0.05) is 32.1 Å². The van der Waals surface area contributed by atoms with Crippen molar-refractivity contribution in [3.63, 3.8) is 0 Å². The molecule has 1 aliphatic carbocycles. The van der Waals surface area contributed by atoms with Gasteiger partial charge in [0.05, 0.1) is 24.8 Å². The van der Waals surface area contributed by atoms with Gasteiger partial charge >= 0.3 is 5.97 Å². The number of nitrogens with one attached hydrogen (secondary N) is 1. The Kier molecular flexibility index (Phi) is 7.00. The maximum atomic E-state index is 12.8. The molecule has 0 aliphatic heterocycles. The van der Waals surface area contributed by atoms with Gasteiger partial charge in [0.25, 0.3) is 0 Å². The van der Waals surface area contributed by atoms with Crippen molar-refractivity contribution in [1.82, 2.24) is 9.88 Å². The summed E-state index contributed by atoms with van der Waals surface area (Å²) in [5, 5.41) is 0. The Morgan fingerprint density at radius 3 is 2.23 bits per heavy atom. The van der Waals surface area contributed by atoms with Crippen LogP contribution in [-0.4, -0.2) is 47.7 Å². The van der Waals surface area contributed by atoms with Crippen LogP contribution < -0.4 is 0 Å². The van der Waals surface area contributed by atoms with E-state index >= 15 is 0 Å². The molecule has 1 N–H and O–H groups in total. The van der Waals surface area contributed by atoms with Gasteiger partial charge in [-0.2, -0.15) is 0 Å². The van der Waals surface area contributed by atoms with Crippen LogP contribution in [0.3, 0.4) is 0 Å². The monoisotopic (exact) mass is 362 g/mol. The van der Waals surface area contributed by atoms with Crippen LogP contribution >= 0.6 is 0 Å². The van der Waals surface area contributed by atoms with E-state index in [1.54, 1.807) is 6.92 Å². The fourth-order valence-electron chi connectivity index (χ4n) is 3.82. The summed E-state index contributed by atoms with van der Waals surface area (Å²) >= 11 is 0. The number of methoxy groups -OCH3 is 1. The molecule has 1 aliphatic rings. The fraction of sp³-hybridized carbons (Fsp3) is 0.650. The summed E-state index contributed by atoms with van der Waals surface area (Å²) in [4.78, 5) is 41.6. The number of ether oxygens (including phenoxy) is 1. The number of hydrogen-bond donors (Lipinski definition) is 1. The van der Waals surface area contributed by atoms with E-state index in [1.165, 1.54) is 33.3 Å². The quantitative estimate of drug-likeness (QED) is 0.643. The van der Waals surface area contributed by atoms with E-state index in [4.69, 9.17) is 4.74 Å². The Morgan fingerprint density at radius 2 is 1.69 bits per heavy atom. The molecular formula is C20H30N2O4. The number of ketones is 1. The number of carbonyl (C=O) groups is 3. The highest BCUT2D eigenvalue weighted by molar-refractivity contribution is 6.01. The third kappa shape index (κ3) is 4.54. The van der Waals surface area contributed by atoms with Gasteiger partial charge in [0.1, 0.15) is 0 Å². The molecule has 0 radical (unpaired) electrons. The molecule has 6 heteroatoms. The van der Waals surface area contributed by atoms with E-state index in [0.29, 0.717) is 22.5 Å². The van der Waals surface area contributed by atoms with Gasteiger partial charge in [-0.3, -0.25) is 9.59 Å². The molecule has 1 amide bonds. The highest BCUT2D eigenvalue weighted by Crippen LogP contribution is 2.24. The number of carbonyl (C=O) groups excluding carboxylic acids is 3. The molecule has 6 nitrogen and oxygen atoms in total. The minimum Gasteiger partial charge on any atom is -0.465 e. The summed E-state index contributed by atoms with van der Waals surface area (Å²) in [6.45, 7) is 3.14. The number of rotatable bonds is 5. The predicted octanol–water partition coefficient (Wildman–Crippen LogP) is 3.43. The standard InChI is InChI=1S/C20H30N2O4/c1-13-18(20(25)26-4)16(21-19(13)14(2)23)12-17(24)22(3)15-10-8-6-5-7-9-11-15/h15,21H,5-12H2,1-4H3. The zero-order valence-electron chi connectivity index (χ0n) is 16.3. The SMILES string of the molecule is COC(=O)c1c(CC(=O)N(C)C2CCCCCCC2)[nH]c(C(C)=O)c1C. The molecule has 0 aromatic carbocycles. The van der Waals surface area contributed by atoms with Gasteiger partial charge in [0, 0.05) is 25.7 Å². The van der Waals surface area contributed by atoms with E-state index in [-0.39, 0.29) is 24.2 Å². The molecule has 1 aromatic rings. The van der Waals surface area contributed by atoms with Gasteiger partial charge in [0.2, 0.25) is 5.91 Å². The summed E-state index contributed by atoms with van der Waals surface area (Å²) in [5.41, 5.74) is 1.67. The fourth-order valence-corrected chi connectivity index (χ4v) is 3.82. The Balaban J connectivity index is 2.20. The lowest BCUT2D eigenvalue weighted by Crippen LogP contribution is -2.38. The van der Waals surface area contributed by atoms with Crippen molar-refractivity contribution < 1.29 is 19.1 Å². The average molecular weight is 362 g/mol. The maximum absolute atomic E-state index is 12.8. The molecule has 26 heavy (non-hydrogen) atoms. The first kappa shape index (κ1) is 20.2. The number of nitrogens with zero attached hydrogens (tertiary/aromatic N) is 1. The van der Waals surface area contributed by atoms with E-state index in [0.717, 1.165) is 25.7 Å². The van der Waals surface area contributed by atoms with Crippen molar-refractivity contribution in [2.75, 3.05) is 14.2 Å².